The number of hydrogen-bond donors (Lipinski definition) is 6. The number of anilines is 2. The first-order valence-corrected chi connectivity index (χ1v) is 19.7. The molecule has 5 aromatic carbocycles. The molecule has 0 atom stereocenters. The van der Waals surface area contributed by atoms with Gasteiger partial charge in [0, 0.05) is 0 Å². The van der Waals surface area contributed by atoms with Crippen molar-refractivity contribution < 1.29 is 33.1 Å². The lowest BCUT2D eigenvalue weighted by Crippen LogP contribution is -2.43. The Bertz CT molecular complexity index is 3150. The van der Waals surface area contributed by atoms with E-state index in [1.807, 2.05) is 41.8 Å². The number of rotatable bonds is 5. The minimum atomic E-state index is -0.848. The van der Waals surface area contributed by atoms with Crippen LogP contribution in [0.4, 0.5) is 21.4 Å². The molecule has 0 fully saturated rings. The summed E-state index contributed by atoms with van der Waals surface area (Å²) in [5.74, 6) is 5.29. The first-order valence-electron chi connectivity index (χ1n) is 18.6. The molecule has 0 spiro atoms. The molecule has 9 rings (SSSR count). The van der Waals surface area contributed by atoms with Crippen LogP contribution in [0.1, 0.15) is 21.0 Å². The number of carbonyl (C=O) groups excluding carboxylic acids is 4. The third-order valence-electron chi connectivity index (χ3n) is 8.00. The summed E-state index contributed by atoms with van der Waals surface area (Å²) in [7, 11) is 0. The molecule has 9 aromatic rings. The molecule has 0 aliphatic rings. The highest BCUT2D eigenvalue weighted by atomic mass is 35.5. The predicted molar refractivity (Wildman–Crippen MR) is 244 cm³/mol. The number of amides is 3. The van der Waals surface area contributed by atoms with Crippen LogP contribution in [-0.4, -0.2) is 63.4 Å². The van der Waals surface area contributed by atoms with Gasteiger partial charge in [-0.2, -0.15) is 0 Å². The second kappa shape index (κ2) is 22.6. The van der Waals surface area contributed by atoms with Crippen molar-refractivity contribution in [2.24, 2.45) is 5.84 Å². The Labute approximate surface area is 386 Å². The number of nitrogens with two attached hydrogens (primary N) is 3. The number of nitrogens with zero attached hydrogens (tertiary/aromatic N) is 8. The van der Waals surface area contributed by atoms with Gasteiger partial charge in [-0.25, -0.2) is 50.8 Å². The van der Waals surface area contributed by atoms with Gasteiger partial charge in [-0.05, 0) is 72.3 Å². The van der Waals surface area contributed by atoms with E-state index in [4.69, 9.17) is 61.3 Å². The van der Waals surface area contributed by atoms with Crippen LogP contribution >= 0.6 is 34.8 Å². The maximum atomic E-state index is 12.1. The second-order valence-corrected chi connectivity index (χ2v) is 13.6. The fourth-order valence-corrected chi connectivity index (χ4v) is 5.76. The summed E-state index contributed by atoms with van der Waals surface area (Å²) in [5.41, 5.74) is 21.2. The third-order valence-corrected chi connectivity index (χ3v) is 8.71. The smallest absolute Gasteiger partial charge is 0.409 e. The summed E-state index contributed by atoms with van der Waals surface area (Å²) in [5, 5.41) is 6.55. The molecule has 9 N–H and O–H groups in total. The number of benzene rings is 5. The van der Waals surface area contributed by atoms with Crippen molar-refractivity contribution >= 4 is 103 Å². The largest absolute Gasteiger partial charge is 0.431 e. The molecule has 66 heavy (non-hydrogen) atoms. The van der Waals surface area contributed by atoms with E-state index in [9.17, 15) is 19.2 Å². The van der Waals surface area contributed by atoms with Gasteiger partial charge in [0.1, 0.15) is 11.5 Å². The normalized spacial score (nSPS) is 10.2. The SMILES string of the molecule is NNC(=O)Oc1ccccc1.Nc1nnc(-c2nc3ccccc3nc2N)o1.O=C(Cl)c1nc2ccccc2nc1Cl.O=C(NNC(=O)c1nc2ccccc2nc1Cl)Oc1ccccc1. The lowest BCUT2D eigenvalue weighted by molar-refractivity contribution is 0.0923. The number of nitrogens with one attached hydrogen (secondary N) is 3. The van der Waals surface area contributed by atoms with Gasteiger partial charge in [0.2, 0.25) is 0 Å². The molecule has 332 valence electrons. The summed E-state index contributed by atoms with van der Waals surface area (Å²) in [6.07, 6.45) is -1.52. The van der Waals surface area contributed by atoms with Crippen LogP contribution in [-0.2, 0) is 0 Å². The maximum absolute atomic E-state index is 12.1. The lowest BCUT2D eigenvalue weighted by atomic mass is 10.3. The molecule has 24 heteroatoms. The van der Waals surface area contributed by atoms with Gasteiger partial charge in [0.15, 0.2) is 33.2 Å². The van der Waals surface area contributed by atoms with Crippen LogP contribution in [0.25, 0.3) is 44.7 Å². The van der Waals surface area contributed by atoms with Gasteiger partial charge >= 0.3 is 18.2 Å². The van der Waals surface area contributed by atoms with Crippen LogP contribution in [0.2, 0.25) is 10.3 Å². The molecule has 0 radical (unpaired) electrons. The molecule has 0 aliphatic carbocycles. The van der Waals surface area contributed by atoms with Gasteiger partial charge in [-0.15, -0.1) is 5.10 Å². The quantitative estimate of drug-likeness (QED) is 0.0443. The van der Waals surface area contributed by atoms with E-state index in [0.29, 0.717) is 50.3 Å². The summed E-state index contributed by atoms with van der Waals surface area (Å²) in [6, 6.07) is 38.5. The van der Waals surface area contributed by atoms with Crippen molar-refractivity contribution in [2.45, 2.75) is 0 Å². The third kappa shape index (κ3) is 13.0. The molecule has 0 aliphatic heterocycles. The van der Waals surface area contributed by atoms with E-state index < -0.39 is 23.3 Å². The average molecular weight is 950 g/mol. The lowest BCUT2D eigenvalue weighted by Gasteiger charge is -2.08. The highest BCUT2D eigenvalue weighted by Gasteiger charge is 2.17. The van der Waals surface area contributed by atoms with Gasteiger partial charge in [-0.3, -0.25) is 20.4 Å². The Morgan fingerprint density at radius 2 is 0.939 bits per heavy atom. The standard InChI is InChI=1S/C16H11ClN4O3.C10H8N6O.C9H4Cl2N2O.C7H8N2O2/c17-14-13(18-11-8-4-5-9-12(11)19-14)15(22)20-21-16(23)24-10-6-2-1-3-7-10;11-8-7(9-15-16-10(12)17-9)13-5-3-1-2-4-6(5)14-8;10-8-7(9(11)14)12-5-3-1-2-4-6(5)13-8;8-9-7(10)11-6-4-2-1-3-5-6/h1-9H,(H,20,22)(H,21,23);1-4H,(H2,11,14)(H2,12,16);1-4H;1-5H,8H2,(H,9,10). The number of ether oxygens (including phenoxy) is 2. The topological polar surface area (TPSA) is 317 Å². The zero-order chi connectivity index (χ0) is 47.0. The number of aromatic nitrogens is 8. The number of hydrazine groups is 2. The van der Waals surface area contributed by atoms with Crippen LogP contribution in [0.15, 0.2) is 138 Å². The van der Waals surface area contributed by atoms with Gasteiger partial charge < -0.3 is 25.4 Å². The summed E-state index contributed by atoms with van der Waals surface area (Å²) < 4.78 is 14.7. The zero-order valence-corrected chi connectivity index (χ0v) is 35.8. The van der Waals surface area contributed by atoms with Gasteiger partial charge in [-0.1, -0.05) is 101 Å². The summed E-state index contributed by atoms with van der Waals surface area (Å²) in [6.45, 7) is 0. The first-order chi connectivity index (χ1) is 31.9. The van der Waals surface area contributed by atoms with E-state index in [1.54, 1.807) is 97.1 Å². The number of fused-ring (bicyclic) bond motifs is 3. The van der Waals surface area contributed by atoms with Crippen molar-refractivity contribution in [3.8, 4) is 23.1 Å². The fraction of sp³-hybridized carbons (Fsp3) is 0. The molecular formula is C42H31Cl3N14O7. The Kier molecular flexibility index (Phi) is 16.1. The van der Waals surface area contributed by atoms with Crippen LogP contribution in [0.3, 0.4) is 0 Å². The Morgan fingerprint density at radius 1 is 0.515 bits per heavy atom. The van der Waals surface area contributed by atoms with E-state index in [1.165, 1.54) is 0 Å². The average Bonchev–Trinajstić information content (AvgIpc) is 3.76. The van der Waals surface area contributed by atoms with Gasteiger partial charge in [0.25, 0.3) is 17.0 Å². The van der Waals surface area contributed by atoms with E-state index in [-0.39, 0.29) is 39.4 Å². The van der Waals surface area contributed by atoms with Crippen molar-refractivity contribution in [3.05, 3.63) is 155 Å². The van der Waals surface area contributed by atoms with E-state index in [0.717, 1.165) is 0 Å². The maximum Gasteiger partial charge on any atom is 0.431 e. The highest BCUT2D eigenvalue weighted by molar-refractivity contribution is 6.68. The Balaban J connectivity index is 0.000000152. The van der Waals surface area contributed by atoms with Crippen molar-refractivity contribution in [1.82, 2.24) is 56.4 Å². The molecule has 0 unspecified atom stereocenters. The molecule has 0 saturated carbocycles. The van der Waals surface area contributed by atoms with Crippen molar-refractivity contribution in [3.63, 3.8) is 0 Å². The minimum Gasteiger partial charge on any atom is -0.409 e. The number of halogens is 3. The summed E-state index contributed by atoms with van der Waals surface area (Å²) >= 11 is 17.0. The van der Waals surface area contributed by atoms with Crippen molar-refractivity contribution in [1.29, 1.82) is 0 Å². The van der Waals surface area contributed by atoms with E-state index >= 15 is 0 Å². The summed E-state index contributed by atoms with van der Waals surface area (Å²) in [4.78, 5) is 69.9. The number of hydrogen-bond acceptors (Lipinski definition) is 18. The molecule has 4 aromatic heterocycles. The van der Waals surface area contributed by atoms with Crippen LogP contribution in [0.5, 0.6) is 11.5 Å². The first kappa shape index (κ1) is 46.9. The number of carbonyl (C=O) groups is 4. The molecule has 0 saturated heterocycles. The Hall–Kier alpha value is -8.63. The van der Waals surface area contributed by atoms with E-state index in [2.05, 4.69) is 55.7 Å². The zero-order valence-electron chi connectivity index (χ0n) is 33.5. The van der Waals surface area contributed by atoms with Gasteiger partial charge in [0.05, 0.1) is 33.1 Å². The molecule has 3 amide bonds. The van der Waals surface area contributed by atoms with Crippen LogP contribution in [0, 0.1) is 0 Å². The van der Waals surface area contributed by atoms with Crippen molar-refractivity contribution in [2.75, 3.05) is 11.5 Å². The number of nitrogen functional groups attached to an aromatic ring is 2. The fourth-order valence-electron chi connectivity index (χ4n) is 5.14. The number of para-hydroxylation sites is 8. The second-order valence-electron chi connectivity index (χ2n) is 12.5. The molecular weight excluding hydrogens is 919 g/mol. The highest BCUT2D eigenvalue weighted by Crippen LogP contribution is 2.24. The molecule has 4 heterocycles. The molecule has 21 nitrogen and oxygen atoms in total. The Morgan fingerprint density at radius 3 is 1.41 bits per heavy atom. The predicted octanol–water partition coefficient (Wildman–Crippen LogP) is 6.87. The van der Waals surface area contributed by atoms with Crippen LogP contribution < -0.4 is 43.1 Å². The molecule has 0 bridgehead atoms. The minimum absolute atomic E-state index is 0.00738. The monoisotopic (exact) mass is 948 g/mol.